The molecule has 2 fully saturated rings. The Morgan fingerprint density at radius 3 is 2.53 bits per heavy atom. The normalized spacial score (nSPS) is 22.6. The number of nitrogens with zero attached hydrogens (tertiary/aromatic N) is 2. The summed E-state index contributed by atoms with van der Waals surface area (Å²) in [5.41, 5.74) is 0. The Morgan fingerprint density at radius 2 is 2.00 bits per heavy atom. The summed E-state index contributed by atoms with van der Waals surface area (Å²) in [6.45, 7) is 3.26. The zero-order valence-corrected chi connectivity index (χ0v) is 10.7. The fraction of sp³-hybridized carbons (Fsp3) is 0.818. The lowest BCUT2D eigenvalue weighted by atomic mass is 10.4. The summed E-state index contributed by atoms with van der Waals surface area (Å²) in [4.78, 5) is 0. The van der Waals surface area contributed by atoms with Crippen molar-refractivity contribution in [2.24, 2.45) is 5.92 Å². The molecule has 2 aliphatic rings. The molecule has 0 radical (unpaired) electrons. The molecular weight excluding hydrogens is 238 g/mol. The van der Waals surface area contributed by atoms with Crippen molar-refractivity contribution in [3.63, 3.8) is 0 Å². The van der Waals surface area contributed by atoms with Gasteiger partial charge in [0.2, 0.25) is 0 Å². The van der Waals surface area contributed by atoms with Gasteiger partial charge in [-0.2, -0.15) is 17.0 Å². The molecule has 1 aliphatic heterocycles. The third-order valence-corrected chi connectivity index (χ3v) is 5.10. The van der Waals surface area contributed by atoms with Crippen LogP contribution in [0.2, 0.25) is 0 Å². The largest absolute Gasteiger partial charge is 0.314 e. The highest BCUT2D eigenvalue weighted by Crippen LogP contribution is 2.30. The first-order valence-corrected chi connectivity index (χ1v) is 7.43. The lowest BCUT2D eigenvalue weighted by Crippen LogP contribution is -2.52. The second kappa shape index (κ2) is 5.36. The van der Waals surface area contributed by atoms with Crippen LogP contribution in [0.1, 0.15) is 12.8 Å². The van der Waals surface area contributed by atoms with Crippen LogP contribution in [0.4, 0.5) is 0 Å². The molecular formula is C11H19N3O2S. The number of hydrogen-bond acceptors (Lipinski definition) is 3. The Morgan fingerprint density at radius 1 is 1.35 bits per heavy atom. The Labute approximate surface area is 103 Å². The molecule has 1 aliphatic carbocycles. The summed E-state index contributed by atoms with van der Waals surface area (Å²) in [6.07, 6.45) is 7.51. The Bertz CT molecular complexity index is 391. The quantitative estimate of drug-likeness (QED) is 0.674. The summed E-state index contributed by atoms with van der Waals surface area (Å²) in [6, 6.07) is 0. The Hall–Kier alpha value is -0.610. The first-order valence-electron chi connectivity index (χ1n) is 6.04. The van der Waals surface area contributed by atoms with E-state index in [1.54, 1.807) is 0 Å². The number of nitrogens with one attached hydrogen (secondary N) is 1. The van der Waals surface area contributed by atoms with Crippen LogP contribution in [0.3, 0.4) is 0 Å². The van der Waals surface area contributed by atoms with E-state index in [1.165, 1.54) is 8.61 Å². The van der Waals surface area contributed by atoms with Gasteiger partial charge in [-0.15, -0.1) is 6.42 Å². The van der Waals surface area contributed by atoms with Crippen molar-refractivity contribution in [1.82, 2.24) is 13.9 Å². The van der Waals surface area contributed by atoms with Gasteiger partial charge >= 0.3 is 0 Å². The maximum atomic E-state index is 12.4. The molecule has 1 N–H and O–H groups in total. The van der Waals surface area contributed by atoms with Gasteiger partial charge in [0.15, 0.2) is 0 Å². The summed E-state index contributed by atoms with van der Waals surface area (Å²) in [5, 5.41) is 3.15. The van der Waals surface area contributed by atoms with Crippen molar-refractivity contribution in [1.29, 1.82) is 0 Å². The monoisotopic (exact) mass is 257 g/mol. The van der Waals surface area contributed by atoms with E-state index in [2.05, 4.69) is 11.2 Å². The molecule has 1 heterocycles. The minimum Gasteiger partial charge on any atom is -0.314 e. The predicted octanol–water partition coefficient (Wildman–Crippen LogP) is -0.518. The summed E-state index contributed by atoms with van der Waals surface area (Å²) in [5.74, 6) is 2.97. The Kier molecular flexibility index (Phi) is 4.05. The molecule has 0 unspecified atom stereocenters. The van der Waals surface area contributed by atoms with Gasteiger partial charge in [0, 0.05) is 32.7 Å². The van der Waals surface area contributed by atoms with E-state index < -0.39 is 10.2 Å². The second-order valence-corrected chi connectivity index (χ2v) is 6.53. The smallest absolute Gasteiger partial charge is 0.282 e. The van der Waals surface area contributed by atoms with Gasteiger partial charge in [0.05, 0.1) is 6.54 Å². The standard InChI is InChI=1S/C11H19N3O2S/c1-2-7-14(10-11-3-4-11)17(15,16)13-8-5-12-6-9-13/h1,11-12H,3-10H2. The van der Waals surface area contributed by atoms with Crippen molar-refractivity contribution in [2.75, 3.05) is 39.3 Å². The molecule has 96 valence electrons. The summed E-state index contributed by atoms with van der Waals surface area (Å²) >= 11 is 0. The molecule has 0 spiro atoms. The minimum absolute atomic E-state index is 0.183. The summed E-state index contributed by atoms with van der Waals surface area (Å²) in [7, 11) is -3.36. The fourth-order valence-corrected chi connectivity index (χ4v) is 3.58. The van der Waals surface area contributed by atoms with E-state index in [-0.39, 0.29) is 6.54 Å². The highest BCUT2D eigenvalue weighted by molar-refractivity contribution is 7.86. The van der Waals surface area contributed by atoms with Crippen LogP contribution in [0.5, 0.6) is 0 Å². The molecule has 0 aromatic carbocycles. The van der Waals surface area contributed by atoms with Gasteiger partial charge < -0.3 is 5.32 Å². The molecule has 0 atom stereocenters. The molecule has 0 bridgehead atoms. The van der Waals surface area contributed by atoms with E-state index in [1.807, 2.05) is 0 Å². The summed E-state index contributed by atoms with van der Waals surface area (Å²) < 4.78 is 27.7. The predicted molar refractivity (Wildman–Crippen MR) is 66.5 cm³/mol. The van der Waals surface area contributed by atoms with Crippen LogP contribution in [-0.4, -0.2) is 56.3 Å². The van der Waals surface area contributed by atoms with Crippen molar-refractivity contribution >= 4 is 10.2 Å². The first kappa shape index (κ1) is 12.8. The zero-order valence-electron chi connectivity index (χ0n) is 9.93. The third kappa shape index (κ3) is 3.19. The molecule has 0 amide bonds. The lowest BCUT2D eigenvalue weighted by Gasteiger charge is -2.31. The molecule has 6 heteroatoms. The fourth-order valence-electron chi connectivity index (χ4n) is 1.97. The van der Waals surface area contributed by atoms with Gasteiger partial charge in [0.25, 0.3) is 10.2 Å². The molecule has 1 saturated carbocycles. The van der Waals surface area contributed by atoms with E-state index >= 15 is 0 Å². The number of hydrogen-bond donors (Lipinski definition) is 1. The molecule has 0 aromatic rings. The van der Waals surface area contributed by atoms with Crippen molar-refractivity contribution in [2.45, 2.75) is 12.8 Å². The number of terminal acetylenes is 1. The number of rotatable bonds is 5. The van der Waals surface area contributed by atoms with Crippen molar-refractivity contribution in [3.05, 3.63) is 0 Å². The average Bonchev–Trinajstić information content (AvgIpc) is 3.14. The highest BCUT2D eigenvalue weighted by Gasteiger charge is 2.34. The maximum Gasteiger partial charge on any atom is 0.282 e. The highest BCUT2D eigenvalue weighted by atomic mass is 32.2. The van der Waals surface area contributed by atoms with Crippen molar-refractivity contribution < 1.29 is 8.42 Å². The maximum absolute atomic E-state index is 12.4. The minimum atomic E-state index is -3.36. The van der Waals surface area contributed by atoms with Gasteiger partial charge in [-0.05, 0) is 18.8 Å². The van der Waals surface area contributed by atoms with Crippen LogP contribution in [-0.2, 0) is 10.2 Å². The zero-order chi connectivity index (χ0) is 12.3. The van der Waals surface area contributed by atoms with Gasteiger partial charge in [-0.3, -0.25) is 0 Å². The molecule has 5 nitrogen and oxygen atoms in total. The SMILES string of the molecule is C#CCN(CC1CC1)S(=O)(=O)N1CCNCC1. The van der Waals surface area contributed by atoms with E-state index in [0.717, 1.165) is 12.8 Å². The lowest BCUT2D eigenvalue weighted by molar-refractivity contribution is 0.316. The van der Waals surface area contributed by atoms with E-state index in [4.69, 9.17) is 6.42 Å². The van der Waals surface area contributed by atoms with Crippen LogP contribution in [0.25, 0.3) is 0 Å². The molecule has 1 saturated heterocycles. The Balaban J connectivity index is 2.05. The van der Waals surface area contributed by atoms with Crippen LogP contribution in [0.15, 0.2) is 0 Å². The van der Waals surface area contributed by atoms with Crippen LogP contribution < -0.4 is 5.32 Å². The second-order valence-electron chi connectivity index (χ2n) is 4.60. The van der Waals surface area contributed by atoms with E-state index in [9.17, 15) is 8.42 Å². The van der Waals surface area contributed by atoms with Gasteiger partial charge in [0.1, 0.15) is 0 Å². The third-order valence-electron chi connectivity index (χ3n) is 3.15. The van der Waals surface area contributed by atoms with Crippen molar-refractivity contribution in [3.8, 4) is 12.3 Å². The first-order chi connectivity index (χ1) is 8.14. The average molecular weight is 257 g/mol. The molecule has 17 heavy (non-hydrogen) atoms. The van der Waals surface area contributed by atoms with E-state index in [0.29, 0.717) is 38.6 Å². The molecule has 2 rings (SSSR count). The molecule has 0 aromatic heterocycles. The van der Waals surface area contributed by atoms with Gasteiger partial charge in [-0.1, -0.05) is 5.92 Å². The van der Waals surface area contributed by atoms with Crippen LogP contribution in [0, 0.1) is 18.3 Å². The number of piperazine rings is 1. The van der Waals surface area contributed by atoms with Crippen LogP contribution >= 0.6 is 0 Å². The topological polar surface area (TPSA) is 52.7 Å². The van der Waals surface area contributed by atoms with Gasteiger partial charge in [-0.25, -0.2) is 0 Å².